The summed E-state index contributed by atoms with van der Waals surface area (Å²) >= 11 is 0. The lowest BCUT2D eigenvalue weighted by atomic mass is 10.1. The van der Waals surface area contributed by atoms with Gasteiger partial charge in [0.2, 0.25) is 0 Å². The molecule has 0 atom stereocenters. The van der Waals surface area contributed by atoms with Gasteiger partial charge in [0.05, 0.1) is 30.2 Å². The second kappa shape index (κ2) is 5.74. The van der Waals surface area contributed by atoms with Crippen molar-refractivity contribution in [3.8, 4) is 16.8 Å². The molecule has 0 amide bonds. The minimum absolute atomic E-state index is 0.596. The van der Waals surface area contributed by atoms with E-state index in [1.54, 1.807) is 19.6 Å². The first-order valence-corrected chi connectivity index (χ1v) is 7.43. The van der Waals surface area contributed by atoms with E-state index in [0.29, 0.717) is 6.61 Å². The first-order chi connectivity index (χ1) is 11.3. The number of ether oxygens (including phenoxy) is 1. The molecule has 2 aromatic heterocycles. The van der Waals surface area contributed by atoms with Crippen LogP contribution < -0.4 is 0 Å². The van der Waals surface area contributed by atoms with Gasteiger partial charge < -0.3 is 9.15 Å². The number of aromatic nitrogens is 2. The molecular weight excluding hydrogens is 288 g/mol. The van der Waals surface area contributed by atoms with Crippen LogP contribution in [0.5, 0.6) is 0 Å². The standard InChI is InChI=1S/C19H16N2O2/c1-22-11-14-5-6-19-18(9-14)20-13-21(19)17-4-2-3-15(10-17)16-7-8-23-12-16/h2-10,12-13H,11H2,1H3. The normalized spacial score (nSPS) is 11.2. The summed E-state index contributed by atoms with van der Waals surface area (Å²) in [5, 5.41) is 0. The first kappa shape index (κ1) is 13.8. The van der Waals surface area contributed by atoms with Gasteiger partial charge in [0.25, 0.3) is 0 Å². The van der Waals surface area contributed by atoms with Crippen molar-refractivity contribution >= 4 is 11.0 Å². The largest absolute Gasteiger partial charge is 0.472 e. The van der Waals surface area contributed by atoms with Crippen molar-refractivity contribution in [2.24, 2.45) is 0 Å². The Kier molecular flexibility index (Phi) is 3.44. The zero-order valence-electron chi connectivity index (χ0n) is 12.8. The van der Waals surface area contributed by atoms with E-state index in [0.717, 1.165) is 33.4 Å². The summed E-state index contributed by atoms with van der Waals surface area (Å²) in [7, 11) is 1.70. The Balaban J connectivity index is 1.79. The van der Waals surface area contributed by atoms with Crippen molar-refractivity contribution < 1.29 is 9.15 Å². The lowest BCUT2D eigenvalue weighted by Crippen LogP contribution is -1.93. The van der Waals surface area contributed by atoms with E-state index in [1.807, 2.05) is 18.5 Å². The van der Waals surface area contributed by atoms with Crippen molar-refractivity contribution in [1.82, 2.24) is 9.55 Å². The summed E-state index contributed by atoms with van der Waals surface area (Å²) in [5.74, 6) is 0. The summed E-state index contributed by atoms with van der Waals surface area (Å²) in [4.78, 5) is 4.52. The number of nitrogens with zero attached hydrogens (tertiary/aromatic N) is 2. The summed E-state index contributed by atoms with van der Waals surface area (Å²) in [6.07, 6.45) is 5.30. The van der Waals surface area contributed by atoms with E-state index in [2.05, 4.69) is 45.9 Å². The Morgan fingerprint density at radius 3 is 2.87 bits per heavy atom. The minimum atomic E-state index is 0.596. The molecule has 0 saturated heterocycles. The van der Waals surface area contributed by atoms with Gasteiger partial charge in [0.1, 0.15) is 6.33 Å². The number of imidazole rings is 1. The van der Waals surface area contributed by atoms with Crippen LogP contribution in [0.15, 0.2) is 71.8 Å². The smallest absolute Gasteiger partial charge is 0.100 e. The van der Waals surface area contributed by atoms with Crippen LogP contribution in [0, 0.1) is 0 Å². The fourth-order valence-electron chi connectivity index (χ4n) is 2.78. The van der Waals surface area contributed by atoms with Gasteiger partial charge in [-0.1, -0.05) is 18.2 Å². The number of hydrogen-bond acceptors (Lipinski definition) is 3. The predicted octanol–water partition coefficient (Wildman–Crippen LogP) is 4.43. The number of fused-ring (bicyclic) bond motifs is 1. The maximum absolute atomic E-state index is 5.18. The molecule has 114 valence electrons. The highest BCUT2D eigenvalue weighted by molar-refractivity contribution is 5.78. The third-order valence-corrected chi connectivity index (χ3v) is 3.90. The van der Waals surface area contributed by atoms with Crippen molar-refractivity contribution in [2.75, 3.05) is 7.11 Å². The van der Waals surface area contributed by atoms with Crippen LogP contribution in [-0.2, 0) is 11.3 Å². The van der Waals surface area contributed by atoms with Crippen LogP contribution in [0.4, 0.5) is 0 Å². The first-order valence-electron chi connectivity index (χ1n) is 7.43. The van der Waals surface area contributed by atoms with E-state index in [9.17, 15) is 0 Å². The Hall–Kier alpha value is -2.85. The van der Waals surface area contributed by atoms with Gasteiger partial charge in [-0.15, -0.1) is 0 Å². The van der Waals surface area contributed by atoms with Crippen LogP contribution in [0.25, 0.3) is 27.8 Å². The van der Waals surface area contributed by atoms with Crippen LogP contribution in [0.3, 0.4) is 0 Å². The monoisotopic (exact) mass is 304 g/mol. The third-order valence-electron chi connectivity index (χ3n) is 3.90. The summed E-state index contributed by atoms with van der Waals surface area (Å²) in [6.45, 7) is 0.596. The lowest BCUT2D eigenvalue weighted by Gasteiger charge is -2.07. The van der Waals surface area contributed by atoms with Gasteiger partial charge >= 0.3 is 0 Å². The van der Waals surface area contributed by atoms with Crippen LogP contribution in [0.2, 0.25) is 0 Å². The zero-order valence-corrected chi connectivity index (χ0v) is 12.8. The molecular formula is C19H16N2O2. The molecule has 4 rings (SSSR count). The molecule has 2 heterocycles. The molecule has 4 aromatic rings. The Morgan fingerprint density at radius 2 is 2.04 bits per heavy atom. The number of hydrogen-bond donors (Lipinski definition) is 0. The Labute approximate surface area is 134 Å². The van der Waals surface area contributed by atoms with Gasteiger partial charge in [0.15, 0.2) is 0 Å². The third kappa shape index (κ3) is 2.53. The van der Waals surface area contributed by atoms with E-state index in [-0.39, 0.29) is 0 Å². The molecule has 0 bridgehead atoms. The molecule has 0 saturated carbocycles. The fraction of sp³-hybridized carbons (Fsp3) is 0.105. The maximum Gasteiger partial charge on any atom is 0.100 e. The average Bonchev–Trinajstić information content (AvgIpc) is 3.25. The second-order valence-electron chi connectivity index (χ2n) is 5.43. The Morgan fingerprint density at radius 1 is 1.09 bits per heavy atom. The van der Waals surface area contributed by atoms with Gasteiger partial charge in [-0.2, -0.15) is 0 Å². The highest BCUT2D eigenvalue weighted by Gasteiger charge is 2.07. The van der Waals surface area contributed by atoms with E-state index < -0.39 is 0 Å². The second-order valence-corrected chi connectivity index (χ2v) is 5.43. The summed E-state index contributed by atoms with van der Waals surface area (Å²) < 4.78 is 12.4. The van der Waals surface area contributed by atoms with Crippen LogP contribution in [-0.4, -0.2) is 16.7 Å². The van der Waals surface area contributed by atoms with Crippen molar-refractivity contribution in [2.45, 2.75) is 6.61 Å². The van der Waals surface area contributed by atoms with Gasteiger partial charge in [-0.25, -0.2) is 4.98 Å². The molecule has 0 N–H and O–H groups in total. The topological polar surface area (TPSA) is 40.2 Å². The summed E-state index contributed by atoms with van der Waals surface area (Å²) in [6, 6.07) is 16.5. The fourth-order valence-corrected chi connectivity index (χ4v) is 2.78. The lowest BCUT2D eigenvalue weighted by molar-refractivity contribution is 0.185. The quantitative estimate of drug-likeness (QED) is 0.560. The van der Waals surface area contributed by atoms with Gasteiger partial charge in [0, 0.05) is 18.4 Å². The van der Waals surface area contributed by atoms with E-state index in [4.69, 9.17) is 9.15 Å². The molecule has 4 nitrogen and oxygen atoms in total. The molecule has 2 aromatic carbocycles. The molecule has 0 unspecified atom stereocenters. The molecule has 0 aliphatic rings. The highest BCUT2D eigenvalue weighted by atomic mass is 16.5. The van der Waals surface area contributed by atoms with E-state index in [1.165, 1.54) is 0 Å². The molecule has 0 aliphatic carbocycles. The zero-order chi connectivity index (χ0) is 15.6. The summed E-state index contributed by atoms with van der Waals surface area (Å²) in [5.41, 5.74) is 6.43. The highest BCUT2D eigenvalue weighted by Crippen LogP contribution is 2.25. The van der Waals surface area contributed by atoms with Crippen LogP contribution in [0.1, 0.15) is 5.56 Å². The number of methoxy groups -OCH3 is 1. The van der Waals surface area contributed by atoms with E-state index >= 15 is 0 Å². The minimum Gasteiger partial charge on any atom is -0.472 e. The molecule has 0 fully saturated rings. The molecule has 0 radical (unpaired) electrons. The number of furan rings is 1. The molecule has 23 heavy (non-hydrogen) atoms. The Bertz CT molecular complexity index is 939. The average molecular weight is 304 g/mol. The van der Waals surface area contributed by atoms with Gasteiger partial charge in [-0.3, -0.25) is 4.57 Å². The molecule has 0 aliphatic heterocycles. The maximum atomic E-state index is 5.18. The molecule has 4 heteroatoms. The number of rotatable bonds is 4. The van der Waals surface area contributed by atoms with Crippen molar-refractivity contribution in [1.29, 1.82) is 0 Å². The SMILES string of the molecule is COCc1ccc2c(c1)ncn2-c1cccc(-c2ccoc2)c1. The van der Waals surface area contributed by atoms with Crippen molar-refractivity contribution in [3.63, 3.8) is 0 Å². The predicted molar refractivity (Wildman–Crippen MR) is 89.5 cm³/mol. The van der Waals surface area contributed by atoms with Crippen LogP contribution >= 0.6 is 0 Å². The van der Waals surface area contributed by atoms with Crippen molar-refractivity contribution in [3.05, 3.63) is 72.9 Å². The molecule has 0 spiro atoms. The number of benzene rings is 2. The van der Waals surface area contributed by atoms with Gasteiger partial charge in [-0.05, 0) is 41.5 Å².